The zero-order valence-electron chi connectivity index (χ0n) is 10.3. The molecule has 0 radical (unpaired) electrons. The Morgan fingerprint density at radius 2 is 2.17 bits per heavy atom. The van der Waals surface area contributed by atoms with Crippen molar-refractivity contribution in [1.82, 2.24) is 0 Å². The number of carbonyl (C=O) groups is 1. The Labute approximate surface area is 112 Å². The molecule has 0 aromatic heterocycles. The third-order valence-electron chi connectivity index (χ3n) is 3.31. The summed E-state index contributed by atoms with van der Waals surface area (Å²) in [5.74, 6) is -0.587. The molecule has 0 heterocycles. The van der Waals surface area contributed by atoms with E-state index in [1.165, 1.54) is 6.07 Å². The van der Waals surface area contributed by atoms with Crippen LogP contribution in [0.15, 0.2) is 18.2 Å². The number of carbonyl (C=O) groups excluding carboxylic acids is 1. The monoisotopic (exact) mass is 272 g/mol. The molecule has 2 atom stereocenters. The van der Waals surface area contributed by atoms with Gasteiger partial charge in [0.25, 0.3) is 0 Å². The molecule has 1 aliphatic carbocycles. The molecular formula is C13H18ClFN2O. The second-order valence-corrected chi connectivity index (χ2v) is 4.69. The van der Waals surface area contributed by atoms with Crippen molar-refractivity contribution < 1.29 is 9.18 Å². The molecule has 0 spiro atoms. The van der Waals surface area contributed by atoms with Gasteiger partial charge in [0.15, 0.2) is 0 Å². The first kappa shape index (κ1) is 14.9. The molecule has 1 fully saturated rings. The fraction of sp³-hybridized carbons (Fsp3) is 0.462. The summed E-state index contributed by atoms with van der Waals surface area (Å²) in [7, 11) is 0. The minimum atomic E-state index is -0.388. The third-order valence-corrected chi connectivity index (χ3v) is 3.31. The first-order valence-corrected chi connectivity index (χ1v) is 5.89. The molecule has 1 saturated carbocycles. The molecule has 1 amide bonds. The van der Waals surface area contributed by atoms with Gasteiger partial charge < -0.3 is 11.1 Å². The molecular weight excluding hydrogens is 255 g/mol. The van der Waals surface area contributed by atoms with Crippen LogP contribution in [-0.2, 0) is 4.79 Å². The summed E-state index contributed by atoms with van der Waals surface area (Å²) < 4.78 is 13.5. The van der Waals surface area contributed by atoms with Crippen LogP contribution in [0.1, 0.15) is 24.8 Å². The van der Waals surface area contributed by atoms with Gasteiger partial charge in [-0.25, -0.2) is 4.39 Å². The van der Waals surface area contributed by atoms with Crippen molar-refractivity contribution in [2.45, 2.75) is 32.2 Å². The van der Waals surface area contributed by atoms with E-state index < -0.39 is 0 Å². The van der Waals surface area contributed by atoms with Crippen LogP contribution in [0, 0.1) is 18.7 Å². The van der Waals surface area contributed by atoms with Gasteiger partial charge in [0.2, 0.25) is 5.91 Å². The van der Waals surface area contributed by atoms with Crippen molar-refractivity contribution >= 4 is 24.0 Å². The number of amides is 1. The molecule has 0 saturated heterocycles. The summed E-state index contributed by atoms with van der Waals surface area (Å²) >= 11 is 0. The van der Waals surface area contributed by atoms with Gasteiger partial charge in [0.1, 0.15) is 5.82 Å². The predicted octanol–water partition coefficient (Wildman–Crippen LogP) is 2.62. The number of aryl methyl sites for hydroxylation is 1. The van der Waals surface area contributed by atoms with Crippen molar-refractivity contribution in [3.63, 3.8) is 0 Å². The number of benzene rings is 1. The lowest BCUT2D eigenvalue weighted by molar-refractivity contribution is -0.119. The molecule has 0 bridgehead atoms. The van der Waals surface area contributed by atoms with E-state index >= 15 is 0 Å². The van der Waals surface area contributed by atoms with Crippen LogP contribution in [0.2, 0.25) is 0 Å². The van der Waals surface area contributed by atoms with Crippen molar-refractivity contribution in [2.24, 2.45) is 11.7 Å². The molecule has 0 aliphatic heterocycles. The molecule has 2 rings (SSSR count). The third kappa shape index (κ3) is 3.21. The molecule has 3 N–H and O–H groups in total. The zero-order chi connectivity index (χ0) is 12.4. The average molecular weight is 273 g/mol. The van der Waals surface area contributed by atoms with Gasteiger partial charge in [0, 0.05) is 12.0 Å². The molecule has 1 aromatic carbocycles. The minimum absolute atomic E-state index is 0. The maximum absolute atomic E-state index is 13.5. The predicted molar refractivity (Wildman–Crippen MR) is 72.3 cm³/mol. The molecule has 3 nitrogen and oxygen atoms in total. The smallest absolute Gasteiger partial charge is 0.227 e. The molecule has 1 aromatic rings. The van der Waals surface area contributed by atoms with Crippen LogP contribution in [-0.4, -0.2) is 11.9 Å². The highest BCUT2D eigenvalue weighted by molar-refractivity contribution is 5.93. The van der Waals surface area contributed by atoms with Crippen LogP contribution < -0.4 is 11.1 Å². The number of anilines is 1. The van der Waals surface area contributed by atoms with Gasteiger partial charge in [-0.2, -0.15) is 0 Å². The van der Waals surface area contributed by atoms with E-state index in [2.05, 4.69) is 5.32 Å². The van der Waals surface area contributed by atoms with Gasteiger partial charge in [0.05, 0.1) is 5.69 Å². The van der Waals surface area contributed by atoms with Crippen molar-refractivity contribution in [2.75, 3.05) is 5.32 Å². The van der Waals surface area contributed by atoms with Gasteiger partial charge in [-0.15, -0.1) is 12.4 Å². The first-order chi connectivity index (χ1) is 8.08. The number of nitrogens with one attached hydrogen (secondary N) is 1. The average Bonchev–Trinajstić information content (AvgIpc) is 2.70. The number of nitrogens with two attached hydrogens (primary N) is 1. The van der Waals surface area contributed by atoms with E-state index in [-0.39, 0.29) is 41.8 Å². The van der Waals surface area contributed by atoms with E-state index in [1.54, 1.807) is 19.1 Å². The second kappa shape index (κ2) is 6.16. The summed E-state index contributed by atoms with van der Waals surface area (Å²) in [6, 6.07) is 4.86. The lowest BCUT2D eigenvalue weighted by Crippen LogP contribution is -2.24. The summed E-state index contributed by atoms with van der Waals surface area (Å²) in [6.45, 7) is 1.78. The highest BCUT2D eigenvalue weighted by Gasteiger charge is 2.28. The number of hydrogen-bond acceptors (Lipinski definition) is 2. The molecule has 2 unspecified atom stereocenters. The number of hydrogen-bond donors (Lipinski definition) is 2. The van der Waals surface area contributed by atoms with E-state index in [0.717, 1.165) is 18.4 Å². The Hall–Kier alpha value is -1.13. The van der Waals surface area contributed by atoms with Gasteiger partial charge in [-0.1, -0.05) is 12.1 Å². The number of halogens is 2. The molecule has 100 valence electrons. The van der Waals surface area contributed by atoms with E-state index in [1.807, 2.05) is 0 Å². The lowest BCUT2D eigenvalue weighted by Gasteiger charge is -2.13. The van der Waals surface area contributed by atoms with E-state index in [0.29, 0.717) is 6.42 Å². The van der Waals surface area contributed by atoms with Crippen molar-refractivity contribution in [3.8, 4) is 0 Å². The van der Waals surface area contributed by atoms with Gasteiger partial charge in [-0.05, 0) is 37.8 Å². The van der Waals surface area contributed by atoms with Crippen molar-refractivity contribution in [3.05, 3.63) is 29.6 Å². The summed E-state index contributed by atoms with van der Waals surface area (Å²) in [5.41, 5.74) is 6.79. The Balaban J connectivity index is 0.00000162. The Morgan fingerprint density at radius 3 is 2.72 bits per heavy atom. The van der Waals surface area contributed by atoms with Crippen LogP contribution in [0.3, 0.4) is 0 Å². The van der Waals surface area contributed by atoms with Crippen molar-refractivity contribution in [1.29, 1.82) is 0 Å². The standard InChI is InChI=1S/C13H17FN2O.ClH/c1-8-3-2-4-11(14)12(8)16-13(17)9-5-6-10(15)7-9;/h2-4,9-10H,5-7,15H2,1H3,(H,16,17);1H. The zero-order valence-corrected chi connectivity index (χ0v) is 11.1. The number of para-hydroxylation sites is 1. The van der Waals surface area contributed by atoms with Crippen LogP contribution in [0.25, 0.3) is 0 Å². The minimum Gasteiger partial charge on any atom is -0.328 e. The van der Waals surface area contributed by atoms with E-state index in [4.69, 9.17) is 5.73 Å². The topological polar surface area (TPSA) is 55.1 Å². The Kier molecular flexibility index (Phi) is 5.11. The van der Waals surface area contributed by atoms with Crippen LogP contribution >= 0.6 is 12.4 Å². The largest absolute Gasteiger partial charge is 0.328 e. The fourth-order valence-corrected chi connectivity index (χ4v) is 2.27. The summed E-state index contributed by atoms with van der Waals surface area (Å²) in [5, 5.41) is 2.67. The number of rotatable bonds is 2. The maximum Gasteiger partial charge on any atom is 0.227 e. The SMILES string of the molecule is Cc1cccc(F)c1NC(=O)C1CCC(N)C1.Cl. The Bertz CT molecular complexity index is 419. The highest BCUT2D eigenvalue weighted by atomic mass is 35.5. The Morgan fingerprint density at radius 1 is 1.44 bits per heavy atom. The second-order valence-electron chi connectivity index (χ2n) is 4.69. The van der Waals surface area contributed by atoms with Gasteiger partial charge in [-0.3, -0.25) is 4.79 Å². The highest BCUT2D eigenvalue weighted by Crippen LogP contribution is 2.27. The van der Waals surface area contributed by atoms with E-state index in [9.17, 15) is 9.18 Å². The van der Waals surface area contributed by atoms with Crippen LogP contribution in [0.4, 0.5) is 10.1 Å². The quantitative estimate of drug-likeness (QED) is 0.870. The molecule has 1 aliphatic rings. The lowest BCUT2D eigenvalue weighted by atomic mass is 10.1. The molecule has 5 heteroatoms. The normalized spacial score (nSPS) is 22.4. The summed E-state index contributed by atoms with van der Waals surface area (Å²) in [6.07, 6.45) is 2.36. The van der Waals surface area contributed by atoms with Gasteiger partial charge >= 0.3 is 0 Å². The molecule has 18 heavy (non-hydrogen) atoms. The summed E-state index contributed by atoms with van der Waals surface area (Å²) in [4.78, 5) is 11.9. The van der Waals surface area contributed by atoms with Crippen LogP contribution in [0.5, 0.6) is 0 Å². The first-order valence-electron chi connectivity index (χ1n) is 5.89. The fourth-order valence-electron chi connectivity index (χ4n) is 2.27. The maximum atomic E-state index is 13.5.